The summed E-state index contributed by atoms with van der Waals surface area (Å²) in [7, 11) is -7.96. The molecule has 4 rings (SSSR count). The number of ether oxygens (including phenoxy) is 1. The van der Waals surface area contributed by atoms with Crippen LogP contribution in [0.2, 0.25) is 0 Å². The number of hydrogen-bond donors (Lipinski definition) is 1. The Hall–Kier alpha value is -2.15. The molecule has 3 heterocycles. The number of amides is 1. The molecule has 0 aliphatic carbocycles. The van der Waals surface area contributed by atoms with Gasteiger partial charge in [0, 0.05) is 42.8 Å². The highest BCUT2D eigenvalue weighted by atomic mass is 32.3. The van der Waals surface area contributed by atoms with E-state index in [-0.39, 0.29) is 24.6 Å². The van der Waals surface area contributed by atoms with Gasteiger partial charge in [0.05, 0.1) is 12.5 Å². The molecule has 0 saturated carbocycles. The van der Waals surface area contributed by atoms with Gasteiger partial charge in [-0.1, -0.05) is 21.9 Å². The van der Waals surface area contributed by atoms with Crippen LogP contribution in [0.1, 0.15) is 57.9 Å². The van der Waals surface area contributed by atoms with Crippen molar-refractivity contribution in [1.29, 1.82) is 0 Å². The molecule has 2 saturated heterocycles. The highest BCUT2D eigenvalue weighted by Crippen LogP contribution is 2.36. The van der Waals surface area contributed by atoms with Crippen molar-refractivity contribution in [2.24, 2.45) is 5.92 Å². The topological polar surface area (TPSA) is 120 Å². The van der Waals surface area contributed by atoms with E-state index < -0.39 is 25.6 Å². The largest absolute Gasteiger partial charge is 0.444 e. The maximum absolute atomic E-state index is 12.6. The van der Waals surface area contributed by atoms with E-state index in [1.807, 2.05) is 32.9 Å². The van der Waals surface area contributed by atoms with Crippen LogP contribution in [0.3, 0.4) is 0 Å². The molecule has 0 radical (unpaired) electrons. The molecule has 1 unspecified atom stereocenters. The first kappa shape index (κ1) is 29.8. The molecule has 0 bridgehead atoms. The molecule has 2 aliphatic rings. The maximum atomic E-state index is 12.6. The predicted molar refractivity (Wildman–Crippen MR) is 153 cm³/mol. The number of aromatic nitrogens is 1. The molecule has 1 aromatic carbocycles. The van der Waals surface area contributed by atoms with Crippen molar-refractivity contribution in [3.63, 3.8) is 0 Å². The average Bonchev–Trinajstić information content (AvgIpc) is 3.26. The average molecular weight is 583 g/mol. The minimum atomic E-state index is -3.98. The zero-order chi connectivity index (χ0) is 28.6. The Kier molecular flexibility index (Phi) is 8.70. The number of rotatable bonds is 7. The summed E-state index contributed by atoms with van der Waals surface area (Å²) in [6.07, 6.45) is 6.70. The number of carbonyl (C=O) groups excluding carboxylic acids is 1. The Bertz CT molecular complexity index is 1330. The Balaban J connectivity index is 1.51. The van der Waals surface area contributed by atoms with Crippen molar-refractivity contribution in [3.8, 4) is 0 Å². The summed E-state index contributed by atoms with van der Waals surface area (Å²) < 4.78 is 56.3. The number of benzene rings is 1. The van der Waals surface area contributed by atoms with Crippen molar-refractivity contribution in [1.82, 2.24) is 18.5 Å². The number of nitrogens with zero attached hydrogens (tertiary/aromatic N) is 3. The van der Waals surface area contributed by atoms with Crippen LogP contribution in [0.5, 0.6) is 0 Å². The van der Waals surface area contributed by atoms with Crippen LogP contribution >= 0.6 is 0 Å². The van der Waals surface area contributed by atoms with Gasteiger partial charge >= 0.3 is 6.09 Å². The SMILES string of the molecule is CC(C)(C)OC(=O)N1CCC(C(CN(S(C)(=O)=O)S(C)(=O)=O)N2CCC(c3c[nH]c4ccccc34)CC2)CC1. The number of fused-ring (bicyclic) bond motifs is 1. The second-order valence-electron chi connectivity index (χ2n) is 12.0. The molecule has 0 spiro atoms. The molecule has 2 fully saturated rings. The second-order valence-corrected chi connectivity index (χ2v) is 16.0. The van der Waals surface area contributed by atoms with Crippen LogP contribution in [-0.2, 0) is 24.8 Å². The normalized spacial score (nSPS) is 20.0. The summed E-state index contributed by atoms with van der Waals surface area (Å²) in [5.41, 5.74) is 1.82. The molecular formula is C27H42N4O6S2. The lowest BCUT2D eigenvalue weighted by Crippen LogP contribution is -2.55. The fourth-order valence-corrected chi connectivity index (χ4v) is 8.81. The zero-order valence-electron chi connectivity index (χ0n) is 23.6. The van der Waals surface area contributed by atoms with E-state index in [9.17, 15) is 21.6 Å². The summed E-state index contributed by atoms with van der Waals surface area (Å²) in [5, 5.41) is 1.22. The van der Waals surface area contributed by atoms with E-state index in [0.717, 1.165) is 44.0 Å². The van der Waals surface area contributed by atoms with Gasteiger partial charge in [-0.05, 0) is 83.0 Å². The molecule has 1 atom stereocenters. The number of sulfonamides is 2. The highest BCUT2D eigenvalue weighted by molar-refractivity contribution is 8.03. The Morgan fingerprint density at radius 1 is 1.00 bits per heavy atom. The number of aromatic amines is 1. The fourth-order valence-electron chi connectivity index (χ4n) is 6.00. The fraction of sp³-hybridized carbons (Fsp3) is 0.667. The van der Waals surface area contributed by atoms with Gasteiger partial charge in [0.15, 0.2) is 0 Å². The lowest BCUT2D eigenvalue weighted by molar-refractivity contribution is 0.0108. The molecule has 39 heavy (non-hydrogen) atoms. The minimum absolute atomic E-state index is 0.0410. The van der Waals surface area contributed by atoms with Gasteiger partial charge in [-0.15, -0.1) is 0 Å². The molecule has 1 N–H and O–H groups in total. The van der Waals surface area contributed by atoms with Gasteiger partial charge in [0.25, 0.3) is 0 Å². The maximum Gasteiger partial charge on any atom is 0.410 e. The molecule has 2 aliphatic heterocycles. The molecule has 1 aromatic heterocycles. The summed E-state index contributed by atoms with van der Waals surface area (Å²) in [6, 6.07) is 7.97. The van der Waals surface area contributed by atoms with Crippen molar-refractivity contribution in [3.05, 3.63) is 36.0 Å². The van der Waals surface area contributed by atoms with Gasteiger partial charge in [-0.25, -0.2) is 21.6 Å². The lowest BCUT2D eigenvalue weighted by Gasteiger charge is -2.45. The zero-order valence-corrected chi connectivity index (χ0v) is 25.2. The van der Waals surface area contributed by atoms with Gasteiger partial charge in [-0.2, -0.15) is 0 Å². The van der Waals surface area contributed by atoms with Gasteiger partial charge < -0.3 is 14.6 Å². The highest BCUT2D eigenvalue weighted by Gasteiger charge is 2.39. The van der Waals surface area contributed by atoms with Gasteiger partial charge in [0.2, 0.25) is 20.0 Å². The Morgan fingerprint density at radius 2 is 1.59 bits per heavy atom. The van der Waals surface area contributed by atoms with Crippen LogP contribution in [0.4, 0.5) is 4.79 Å². The first-order valence-electron chi connectivity index (χ1n) is 13.6. The van der Waals surface area contributed by atoms with Crippen LogP contribution in [-0.4, -0.2) is 98.3 Å². The van der Waals surface area contributed by atoms with Crippen LogP contribution in [0.15, 0.2) is 30.5 Å². The molecule has 12 heteroatoms. The number of para-hydroxylation sites is 1. The van der Waals surface area contributed by atoms with E-state index in [1.54, 1.807) is 4.90 Å². The number of hydrogen-bond acceptors (Lipinski definition) is 7. The van der Waals surface area contributed by atoms with Crippen molar-refractivity contribution < 1.29 is 26.4 Å². The Labute approximate surface area is 232 Å². The summed E-state index contributed by atoms with van der Waals surface area (Å²) >= 11 is 0. The van der Waals surface area contributed by atoms with E-state index in [0.29, 0.717) is 35.6 Å². The molecule has 2 aromatic rings. The number of nitrogens with one attached hydrogen (secondary N) is 1. The first-order chi connectivity index (χ1) is 18.1. The van der Waals surface area contributed by atoms with E-state index >= 15 is 0 Å². The number of H-pyrrole nitrogens is 1. The van der Waals surface area contributed by atoms with E-state index in [1.165, 1.54) is 10.9 Å². The van der Waals surface area contributed by atoms with Crippen molar-refractivity contribution in [2.45, 2.75) is 64.0 Å². The number of likely N-dealkylation sites (tertiary alicyclic amines) is 2. The number of carbonyl (C=O) groups is 1. The monoisotopic (exact) mass is 582 g/mol. The summed E-state index contributed by atoms with van der Waals surface area (Å²) in [4.78, 5) is 19.9. The minimum Gasteiger partial charge on any atom is -0.444 e. The second kappa shape index (κ2) is 11.4. The third-order valence-electron chi connectivity index (χ3n) is 7.87. The lowest BCUT2D eigenvalue weighted by atomic mass is 9.84. The standard InChI is InChI=1S/C27H42N4O6S2/c1-27(2,3)37-26(32)30-16-12-21(13-17-30)25(19-31(38(4,33)34)39(5,35)36)29-14-10-20(11-15-29)23-18-28-24-9-7-6-8-22(23)24/h6-9,18,20-21,25,28H,10-17,19H2,1-5H3. The van der Waals surface area contributed by atoms with Gasteiger partial charge in [-0.3, -0.25) is 4.90 Å². The molecule has 218 valence electrons. The quantitative estimate of drug-likeness (QED) is 0.530. The molecular weight excluding hydrogens is 540 g/mol. The summed E-state index contributed by atoms with van der Waals surface area (Å²) in [6.45, 7) is 7.83. The van der Waals surface area contributed by atoms with Crippen molar-refractivity contribution in [2.75, 3.05) is 45.2 Å². The van der Waals surface area contributed by atoms with Crippen LogP contribution in [0, 0.1) is 5.92 Å². The molecule has 1 amide bonds. The van der Waals surface area contributed by atoms with E-state index in [2.05, 4.69) is 28.2 Å². The van der Waals surface area contributed by atoms with Crippen LogP contribution in [0.25, 0.3) is 10.9 Å². The third kappa shape index (κ3) is 7.33. The van der Waals surface area contributed by atoms with Crippen LogP contribution < -0.4 is 0 Å². The van der Waals surface area contributed by atoms with Crippen molar-refractivity contribution >= 4 is 37.0 Å². The predicted octanol–water partition coefficient (Wildman–Crippen LogP) is 3.58. The molecule has 10 nitrogen and oxygen atoms in total. The third-order valence-corrected chi connectivity index (χ3v) is 11.3. The Morgan fingerprint density at radius 3 is 2.15 bits per heavy atom. The van der Waals surface area contributed by atoms with Gasteiger partial charge in [0.1, 0.15) is 5.60 Å². The summed E-state index contributed by atoms with van der Waals surface area (Å²) in [5.74, 6) is 0.410. The van der Waals surface area contributed by atoms with E-state index in [4.69, 9.17) is 4.74 Å². The smallest absolute Gasteiger partial charge is 0.410 e. The number of piperidine rings is 2. The first-order valence-corrected chi connectivity index (χ1v) is 17.3.